The lowest BCUT2D eigenvalue weighted by Crippen LogP contribution is -2.20. The fraction of sp³-hybridized carbons (Fsp3) is 0.250. The van der Waals surface area contributed by atoms with Gasteiger partial charge in [0.05, 0.1) is 6.54 Å². The van der Waals surface area contributed by atoms with E-state index in [9.17, 15) is 4.39 Å². The van der Waals surface area contributed by atoms with Gasteiger partial charge in [0.25, 0.3) is 0 Å². The number of anilines is 2. The summed E-state index contributed by atoms with van der Waals surface area (Å²) in [4.78, 5) is 13.7. The van der Waals surface area contributed by atoms with Crippen LogP contribution in [-0.2, 0) is 13.1 Å². The fourth-order valence-corrected chi connectivity index (χ4v) is 1.73. The molecule has 1 aromatic carbocycles. The van der Waals surface area contributed by atoms with Gasteiger partial charge < -0.3 is 11.5 Å². The zero-order valence-electron chi connectivity index (χ0n) is 10.5. The normalized spacial score (nSPS) is 10.9. The molecule has 2 rings (SSSR count). The van der Waals surface area contributed by atoms with Crippen molar-refractivity contribution in [1.82, 2.24) is 19.9 Å². The lowest BCUT2D eigenvalue weighted by Gasteiger charge is -2.15. The molecule has 7 heteroatoms. The molecule has 0 saturated heterocycles. The highest BCUT2D eigenvalue weighted by Gasteiger charge is 2.06. The first-order valence-corrected chi connectivity index (χ1v) is 5.72. The molecular weight excluding hydrogens is 247 g/mol. The molecule has 1 aromatic heterocycles. The van der Waals surface area contributed by atoms with E-state index in [1.165, 1.54) is 12.1 Å². The van der Waals surface area contributed by atoms with Gasteiger partial charge in [0.1, 0.15) is 11.6 Å². The van der Waals surface area contributed by atoms with Gasteiger partial charge in [-0.1, -0.05) is 12.1 Å². The van der Waals surface area contributed by atoms with Crippen molar-refractivity contribution in [2.45, 2.75) is 13.1 Å². The van der Waals surface area contributed by atoms with E-state index in [0.717, 1.165) is 5.56 Å². The van der Waals surface area contributed by atoms with Crippen molar-refractivity contribution in [3.05, 3.63) is 41.5 Å². The average Bonchev–Trinajstić information content (AvgIpc) is 2.30. The number of hydrogen-bond donors (Lipinski definition) is 2. The molecule has 2 aromatic rings. The molecule has 0 atom stereocenters. The number of nitrogens with two attached hydrogens (primary N) is 2. The Hall–Kier alpha value is -2.28. The second-order valence-electron chi connectivity index (χ2n) is 4.27. The Morgan fingerprint density at radius 1 is 1.00 bits per heavy atom. The largest absolute Gasteiger partial charge is 0.368 e. The van der Waals surface area contributed by atoms with Crippen molar-refractivity contribution < 1.29 is 4.39 Å². The number of halogens is 1. The lowest BCUT2D eigenvalue weighted by molar-refractivity contribution is 0.310. The lowest BCUT2D eigenvalue weighted by atomic mass is 10.2. The van der Waals surface area contributed by atoms with Crippen LogP contribution >= 0.6 is 0 Å². The summed E-state index contributed by atoms with van der Waals surface area (Å²) in [5.74, 6) is 0.481. The molecule has 0 aliphatic heterocycles. The predicted molar refractivity (Wildman–Crippen MR) is 70.2 cm³/mol. The quantitative estimate of drug-likeness (QED) is 0.846. The molecule has 0 amide bonds. The molecule has 0 unspecified atom stereocenters. The van der Waals surface area contributed by atoms with E-state index >= 15 is 0 Å². The molecular formula is C12H15FN6. The van der Waals surface area contributed by atoms with Gasteiger partial charge in [-0.3, -0.25) is 4.90 Å². The van der Waals surface area contributed by atoms with Crippen LogP contribution < -0.4 is 11.5 Å². The summed E-state index contributed by atoms with van der Waals surface area (Å²) in [5.41, 5.74) is 12.0. The SMILES string of the molecule is CN(Cc1ccc(F)cc1)Cc1nc(N)nc(N)n1. The second-order valence-corrected chi connectivity index (χ2v) is 4.27. The van der Waals surface area contributed by atoms with E-state index in [-0.39, 0.29) is 17.7 Å². The number of benzene rings is 1. The first-order chi connectivity index (χ1) is 9.02. The average molecular weight is 262 g/mol. The molecule has 19 heavy (non-hydrogen) atoms. The van der Waals surface area contributed by atoms with Gasteiger partial charge in [0.2, 0.25) is 11.9 Å². The van der Waals surface area contributed by atoms with Crippen LogP contribution in [0.1, 0.15) is 11.4 Å². The maximum Gasteiger partial charge on any atom is 0.225 e. The minimum atomic E-state index is -0.246. The van der Waals surface area contributed by atoms with E-state index < -0.39 is 0 Å². The Labute approximate surface area is 110 Å². The Morgan fingerprint density at radius 3 is 2.16 bits per heavy atom. The van der Waals surface area contributed by atoms with Crippen molar-refractivity contribution >= 4 is 11.9 Å². The highest BCUT2D eigenvalue weighted by molar-refractivity contribution is 5.25. The van der Waals surface area contributed by atoms with Crippen molar-refractivity contribution in [2.75, 3.05) is 18.5 Å². The number of nitrogens with zero attached hydrogens (tertiary/aromatic N) is 4. The minimum Gasteiger partial charge on any atom is -0.368 e. The second kappa shape index (κ2) is 5.57. The summed E-state index contributed by atoms with van der Waals surface area (Å²) in [6, 6.07) is 6.34. The molecule has 0 bridgehead atoms. The molecule has 0 radical (unpaired) electrons. The standard InChI is InChI=1S/C12H15FN6/c1-19(6-8-2-4-9(13)5-3-8)7-10-16-11(14)18-12(15)17-10/h2-5H,6-7H2,1H3,(H4,14,15,16,17,18). The summed E-state index contributed by atoms with van der Waals surface area (Å²) in [6.07, 6.45) is 0. The monoisotopic (exact) mass is 262 g/mol. The Bertz CT molecular complexity index is 536. The number of aromatic nitrogens is 3. The molecule has 100 valence electrons. The van der Waals surface area contributed by atoms with Crippen LogP contribution in [0.15, 0.2) is 24.3 Å². The number of nitrogen functional groups attached to an aromatic ring is 2. The van der Waals surface area contributed by atoms with Gasteiger partial charge in [-0.15, -0.1) is 0 Å². The van der Waals surface area contributed by atoms with Crippen LogP contribution in [0.4, 0.5) is 16.3 Å². The first-order valence-electron chi connectivity index (χ1n) is 5.72. The van der Waals surface area contributed by atoms with Gasteiger partial charge in [-0.25, -0.2) is 4.39 Å². The van der Waals surface area contributed by atoms with Crippen LogP contribution in [0.3, 0.4) is 0 Å². The molecule has 6 nitrogen and oxygen atoms in total. The van der Waals surface area contributed by atoms with Gasteiger partial charge in [0.15, 0.2) is 0 Å². The van der Waals surface area contributed by atoms with Crippen LogP contribution in [0, 0.1) is 5.82 Å². The number of rotatable bonds is 4. The van der Waals surface area contributed by atoms with E-state index in [0.29, 0.717) is 18.9 Å². The summed E-state index contributed by atoms with van der Waals surface area (Å²) >= 11 is 0. The van der Waals surface area contributed by atoms with Gasteiger partial charge in [0, 0.05) is 6.54 Å². The topological polar surface area (TPSA) is 94.0 Å². The fourth-order valence-electron chi connectivity index (χ4n) is 1.73. The number of hydrogen-bond acceptors (Lipinski definition) is 6. The van der Waals surface area contributed by atoms with E-state index in [2.05, 4.69) is 15.0 Å². The Balaban J connectivity index is 2.00. The van der Waals surface area contributed by atoms with Crippen molar-refractivity contribution in [2.24, 2.45) is 0 Å². The van der Waals surface area contributed by atoms with Gasteiger partial charge >= 0.3 is 0 Å². The highest BCUT2D eigenvalue weighted by atomic mass is 19.1. The first kappa shape index (κ1) is 13.2. The highest BCUT2D eigenvalue weighted by Crippen LogP contribution is 2.08. The molecule has 0 saturated carbocycles. The minimum absolute atomic E-state index is 0.109. The maximum absolute atomic E-state index is 12.8. The smallest absolute Gasteiger partial charge is 0.225 e. The third-order valence-electron chi connectivity index (χ3n) is 2.49. The van der Waals surface area contributed by atoms with E-state index in [4.69, 9.17) is 11.5 Å². The molecule has 0 aliphatic rings. The van der Waals surface area contributed by atoms with Crippen molar-refractivity contribution in [3.8, 4) is 0 Å². The molecule has 1 heterocycles. The van der Waals surface area contributed by atoms with Crippen LogP contribution in [0.5, 0.6) is 0 Å². The summed E-state index contributed by atoms with van der Waals surface area (Å²) in [5, 5.41) is 0. The zero-order chi connectivity index (χ0) is 13.8. The van der Waals surface area contributed by atoms with Crippen LogP contribution in [0.2, 0.25) is 0 Å². The summed E-state index contributed by atoms with van der Waals surface area (Å²) in [6.45, 7) is 1.13. The van der Waals surface area contributed by atoms with Crippen LogP contribution in [-0.4, -0.2) is 26.9 Å². The van der Waals surface area contributed by atoms with Crippen molar-refractivity contribution in [3.63, 3.8) is 0 Å². The molecule has 0 spiro atoms. The van der Waals surface area contributed by atoms with E-state index in [1.54, 1.807) is 12.1 Å². The van der Waals surface area contributed by atoms with E-state index in [1.807, 2.05) is 11.9 Å². The third-order valence-corrected chi connectivity index (χ3v) is 2.49. The Morgan fingerprint density at radius 2 is 1.58 bits per heavy atom. The third kappa shape index (κ3) is 3.85. The molecule has 4 N–H and O–H groups in total. The zero-order valence-corrected chi connectivity index (χ0v) is 10.5. The van der Waals surface area contributed by atoms with Crippen LogP contribution in [0.25, 0.3) is 0 Å². The molecule has 0 aliphatic carbocycles. The Kier molecular flexibility index (Phi) is 3.86. The van der Waals surface area contributed by atoms with Crippen molar-refractivity contribution in [1.29, 1.82) is 0 Å². The summed E-state index contributed by atoms with van der Waals surface area (Å²) in [7, 11) is 1.90. The molecule has 0 fully saturated rings. The predicted octanol–water partition coefficient (Wildman–Crippen LogP) is 0.807. The maximum atomic E-state index is 12.8. The summed E-state index contributed by atoms with van der Waals surface area (Å²) < 4.78 is 12.8. The van der Waals surface area contributed by atoms with Gasteiger partial charge in [-0.2, -0.15) is 15.0 Å². The van der Waals surface area contributed by atoms with Gasteiger partial charge in [-0.05, 0) is 24.7 Å².